The first-order chi connectivity index (χ1) is 13.9. The maximum absolute atomic E-state index is 13.2. The van der Waals surface area contributed by atoms with Crippen molar-refractivity contribution in [2.45, 2.75) is 12.5 Å². The van der Waals surface area contributed by atoms with E-state index < -0.39 is 17.8 Å². The van der Waals surface area contributed by atoms with Crippen LogP contribution in [-0.4, -0.2) is 18.4 Å². The zero-order chi connectivity index (χ0) is 20.8. The van der Waals surface area contributed by atoms with E-state index in [0.717, 1.165) is 22.6 Å². The highest BCUT2D eigenvalue weighted by atomic mass is 35.5. The molecule has 0 saturated heterocycles. The van der Waals surface area contributed by atoms with E-state index in [9.17, 15) is 18.4 Å². The van der Waals surface area contributed by atoms with Gasteiger partial charge in [-0.1, -0.05) is 29.8 Å². The number of benzene rings is 2. The minimum atomic E-state index is -0.536. The summed E-state index contributed by atoms with van der Waals surface area (Å²) < 4.78 is 26.3. The normalized spacial score (nSPS) is 11.7. The summed E-state index contributed by atoms with van der Waals surface area (Å²) in [5.74, 6) is -1.66. The maximum atomic E-state index is 13.2. The largest absolute Gasteiger partial charge is 0.351 e. The third kappa shape index (κ3) is 5.62. The number of carbonyl (C=O) groups excluding carboxylic acids is 2. The average molecular weight is 435 g/mol. The standard InChI is InChI=1S/C21H17ClF2N2O2S/c22-17-12-15(24)7-8-16(17)21(28)25-10-9-19(27)26-20(18-2-1-11-29-18)13-3-5-14(23)6-4-13/h1-8,11-12,20H,9-10H2,(H,25,28)(H,26,27). The third-order valence-electron chi connectivity index (χ3n) is 4.15. The topological polar surface area (TPSA) is 58.2 Å². The molecule has 2 N–H and O–H groups in total. The van der Waals surface area contributed by atoms with Crippen molar-refractivity contribution in [2.24, 2.45) is 0 Å². The van der Waals surface area contributed by atoms with Gasteiger partial charge in [0.2, 0.25) is 5.91 Å². The first-order valence-electron chi connectivity index (χ1n) is 8.75. The Balaban J connectivity index is 1.59. The Hall–Kier alpha value is -2.77. The van der Waals surface area contributed by atoms with Crippen molar-refractivity contribution in [2.75, 3.05) is 6.54 Å². The summed E-state index contributed by atoms with van der Waals surface area (Å²) in [5.41, 5.74) is 0.889. The molecule has 2 aromatic carbocycles. The number of carbonyl (C=O) groups is 2. The second-order valence-electron chi connectivity index (χ2n) is 6.20. The monoisotopic (exact) mass is 434 g/mol. The average Bonchev–Trinajstić information content (AvgIpc) is 3.21. The van der Waals surface area contributed by atoms with Crippen LogP contribution < -0.4 is 10.6 Å². The molecule has 0 saturated carbocycles. The fourth-order valence-corrected chi connectivity index (χ4v) is 3.78. The van der Waals surface area contributed by atoms with Crippen LogP contribution in [0.3, 0.4) is 0 Å². The van der Waals surface area contributed by atoms with Gasteiger partial charge >= 0.3 is 0 Å². The van der Waals surface area contributed by atoms with Crippen LogP contribution in [0.1, 0.15) is 33.3 Å². The van der Waals surface area contributed by atoms with E-state index in [4.69, 9.17) is 11.6 Å². The van der Waals surface area contributed by atoms with Crippen molar-refractivity contribution in [1.82, 2.24) is 10.6 Å². The quantitative estimate of drug-likeness (QED) is 0.566. The highest BCUT2D eigenvalue weighted by Crippen LogP contribution is 2.26. The lowest BCUT2D eigenvalue weighted by molar-refractivity contribution is -0.121. The van der Waals surface area contributed by atoms with Crippen molar-refractivity contribution in [3.8, 4) is 0 Å². The van der Waals surface area contributed by atoms with Gasteiger partial charge in [0.1, 0.15) is 11.6 Å². The molecular weight excluding hydrogens is 418 g/mol. The predicted molar refractivity (Wildman–Crippen MR) is 109 cm³/mol. The number of thiophene rings is 1. The molecular formula is C21H17ClF2N2O2S. The van der Waals surface area contributed by atoms with Gasteiger partial charge in [0.05, 0.1) is 16.6 Å². The van der Waals surface area contributed by atoms with Gasteiger partial charge in [-0.15, -0.1) is 11.3 Å². The van der Waals surface area contributed by atoms with Gasteiger partial charge in [-0.3, -0.25) is 9.59 Å². The fourth-order valence-electron chi connectivity index (χ4n) is 2.72. The van der Waals surface area contributed by atoms with Gasteiger partial charge < -0.3 is 10.6 Å². The molecule has 1 heterocycles. The van der Waals surface area contributed by atoms with Crippen LogP contribution in [-0.2, 0) is 4.79 Å². The Morgan fingerprint density at radius 2 is 1.76 bits per heavy atom. The fraction of sp³-hybridized carbons (Fsp3) is 0.143. The minimum absolute atomic E-state index is 0.000945. The molecule has 3 aromatic rings. The smallest absolute Gasteiger partial charge is 0.252 e. The van der Waals surface area contributed by atoms with Crippen LogP contribution in [0.4, 0.5) is 8.78 Å². The molecule has 0 aliphatic heterocycles. The molecule has 1 atom stereocenters. The van der Waals surface area contributed by atoms with Crippen LogP contribution in [0.5, 0.6) is 0 Å². The second kappa shape index (κ2) is 9.62. The number of halogens is 3. The summed E-state index contributed by atoms with van der Waals surface area (Å²) in [7, 11) is 0. The molecule has 1 unspecified atom stereocenters. The van der Waals surface area contributed by atoms with Crippen LogP contribution >= 0.6 is 22.9 Å². The Bertz CT molecular complexity index is 994. The summed E-state index contributed by atoms with van der Waals surface area (Å²) in [5, 5.41) is 7.40. The first-order valence-corrected chi connectivity index (χ1v) is 10.0. The maximum Gasteiger partial charge on any atom is 0.252 e. The van der Waals surface area contributed by atoms with Gasteiger partial charge in [-0.2, -0.15) is 0 Å². The molecule has 0 fully saturated rings. The molecule has 0 aliphatic carbocycles. The van der Waals surface area contributed by atoms with E-state index in [-0.39, 0.29) is 35.3 Å². The lowest BCUT2D eigenvalue weighted by Crippen LogP contribution is -2.33. The minimum Gasteiger partial charge on any atom is -0.351 e. The van der Waals surface area contributed by atoms with Crippen molar-refractivity contribution < 1.29 is 18.4 Å². The first kappa shape index (κ1) is 21.0. The van der Waals surface area contributed by atoms with Gasteiger partial charge in [0.25, 0.3) is 5.91 Å². The van der Waals surface area contributed by atoms with Crippen LogP contribution in [0.2, 0.25) is 5.02 Å². The van der Waals surface area contributed by atoms with Crippen molar-refractivity contribution in [1.29, 1.82) is 0 Å². The molecule has 29 heavy (non-hydrogen) atoms. The number of nitrogens with one attached hydrogen (secondary N) is 2. The predicted octanol–water partition coefficient (Wildman–Crippen LogP) is 4.71. The van der Waals surface area contributed by atoms with Gasteiger partial charge in [0.15, 0.2) is 0 Å². The molecule has 3 rings (SSSR count). The molecule has 2 amide bonds. The van der Waals surface area contributed by atoms with E-state index >= 15 is 0 Å². The van der Waals surface area contributed by atoms with E-state index in [1.54, 1.807) is 12.1 Å². The lowest BCUT2D eigenvalue weighted by Gasteiger charge is -2.18. The molecule has 4 nitrogen and oxygen atoms in total. The van der Waals surface area contributed by atoms with E-state index in [0.29, 0.717) is 0 Å². The Morgan fingerprint density at radius 1 is 1.03 bits per heavy atom. The lowest BCUT2D eigenvalue weighted by atomic mass is 10.1. The van der Waals surface area contributed by atoms with Crippen LogP contribution in [0.25, 0.3) is 0 Å². The molecule has 150 valence electrons. The Labute approximate surface area is 175 Å². The summed E-state index contributed by atoms with van der Waals surface area (Å²) in [6.45, 7) is 0.0823. The van der Waals surface area contributed by atoms with Crippen molar-refractivity contribution >= 4 is 34.8 Å². The van der Waals surface area contributed by atoms with Crippen molar-refractivity contribution in [3.05, 3.63) is 92.6 Å². The molecule has 1 aromatic heterocycles. The van der Waals surface area contributed by atoms with Crippen molar-refractivity contribution in [3.63, 3.8) is 0 Å². The molecule has 0 bridgehead atoms. The number of hydrogen-bond donors (Lipinski definition) is 2. The third-order valence-corrected chi connectivity index (χ3v) is 5.40. The zero-order valence-electron chi connectivity index (χ0n) is 15.1. The SMILES string of the molecule is O=C(CCNC(=O)c1ccc(F)cc1Cl)NC(c1ccc(F)cc1)c1cccs1. The summed E-state index contributed by atoms with van der Waals surface area (Å²) in [4.78, 5) is 25.5. The van der Waals surface area contributed by atoms with Gasteiger partial charge in [0, 0.05) is 17.8 Å². The summed E-state index contributed by atoms with van der Waals surface area (Å²) in [6.07, 6.45) is 0.0353. The zero-order valence-corrected chi connectivity index (χ0v) is 16.7. The molecule has 0 spiro atoms. The number of rotatable bonds is 7. The Morgan fingerprint density at radius 3 is 2.41 bits per heavy atom. The summed E-state index contributed by atoms with van der Waals surface area (Å²) in [6, 6.07) is 12.8. The van der Waals surface area contributed by atoms with E-state index in [1.165, 1.54) is 29.5 Å². The van der Waals surface area contributed by atoms with Gasteiger partial charge in [-0.25, -0.2) is 8.78 Å². The molecule has 0 radical (unpaired) electrons. The molecule has 0 aliphatic rings. The van der Waals surface area contributed by atoms with Gasteiger partial charge in [-0.05, 0) is 47.3 Å². The van der Waals surface area contributed by atoms with Crippen LogP contribution in [0, 0.1) is 11.6 Å². The van der Waals surface area contributed by atoms with E-state index in [1.807, 2.05) is 17.5 Å². The Kier molecular flexibility index (Phi) is 6.95. The van der Waals surface area contributed by atoms with E-state index in [2.05, 4.69) is 10.6 Å². The van der Waals surface area contributed by atoms with Crippen LogP contribution in [0.15, 0.2) is 60.0 Å². The number of amides is 2. The number of hydrogen-bond acceptors (Lipinski definition) is 3. The highest BCUT2D eigenvalue weighted by Gasteiger charge is 2.18. The summed E-state index contributed by atoms with van der Waals surface area (Å²) >= 11 is 7.34. The highest BCUT2D eigenvalue weighted by molar-refractivity contribution is 7.10. The molecule has 8 heteroatoms. The second-order valence-corrected chi connectivity index (χ2v) is 7.58.